The summed E-state index contributed by atoms with van der Waals surface area (Å²) in [6.45, 7) is 9.27. The predicted molar refractivity (Wildman–Crippen MR) is 121 cm³/mol. The molecule has 0 saturated carbocycles. The van der Waals surface area contributed by atoms with Gasteiger partial charge in [-0.25, -0.2) is 4.99 Å². The minimum atomic E-state index is 0. The van der Waals surface area contributed by atoms with E-state index in [9.17, 15) is 4.79 Å². The summed E-state index contributed by atoms with van der Waals surface area (Å²) in [5, 5.41) is 6.48. The average Bonchev–Trinajstić information content (AvgIpc) is 2.70. The second-order valence-electron chi connectivity index (χ2n) is 6.37. The van der Waals surface area contributed by atoms with Crippen molar-refractivity contribution in [2.75, 3.05) is 39.4 Å². The SMILES string of the molecule is CCNC(=NCc1ccc(C(=O)N2CCCCC2)cc1)NCCOCC.I. The molecule has 0 aromatic heterocycles. The van der Waals surface area contributed by atoms with Gasteiger partial charge in [0, 0.05) is 38.3 Å². The van der Waals surface area contributed by atoms with E-state index in [1.807, 2.05) is 43.0 Å². The Morgan fingerprint density at radius 3 is 2.44 bits per heavy atom. The number of carbonyl (C=O) groups is 1. The highest BCUT2D eigenvalue weighted by Gasteiger charge is 2.17. The van der Waals surface area contributed by atoms with Gasteiger partial charge in [0.05, 0.1) is 13.2 Å². The van der Waals surface area contributed by atoms with Gasteiger partial charge < -0.3 is 20.3 Å². The van der Waals surface area contributed by atoms with E-state index in [0.717, 1.165) is 62.7 Å². The number of benzene rings is 1. The van der Waals surface area contributed by atoms with E-state index in [-0.39, 0.29) is 29.9 Å². The molecule has 2 N–H and O–H groups in total. The van der Waals surface area contributed by atoms with Crippen LogP contribution in [0.2, 0.25) is 0 Å². The lowest BCUT2D eigenvalue weighted by Gasteiger charge is -2.26. The van der Waals surface area contributed by atoms with Crippen molar-refractivity contribution in [3.05, 3.63) is 35.4 Å². The van der Waals surface area contributed by atoms with Crippen LogP contribution in [-0.4, -0.2) is 56.2 Å². The van der Waals surface area contributed by atoms with Gasteiger partial charge in [0.1, 0.15) is 0 Å². The molecule has 1 aliphatic heterocycles. The standard InChI is InChI=1S/C20H32N4O2.HI/c1-3-21-20(22-12-15-26-4-2)23-16-17-8-10-18(11-9-17)19(25)24-13-6-5-7-14-24;/h8-11H,3-7,12-16H2,1-2H3,(H2,21,22,23);1H. The molecule has 1 aliphatic rings. The zero-order chi connectivity index (χ0) is 18.6. The van der Waals surface area contributed by atoms with Gasteiger partial charge in [0.2, 0.25) is 0 Å². The summed E-state index contributed by atoms with van der Waals surface area (Å²) in [4.78, 5) is 19.1. The quantitative estimate of drug-likeness (QED) is 0.256. The molecular weight excluding hydrogens is 455 g/mol. The molecule has 1 aromatic rings. The molecule has 0 spiro atoms. The van der Waals surface area contributed by atoms with Crippen LogP contribution in [0.3, 0.4) is 0 Å². The largest absolute Gasteiger partial charge is 0.380 e. The third-order valence-electron chi connectivity index (χ3n) is 4.35. The van der Waals surface area contributed by atoms with E-state index in [1.54, 1.807) is 0 Å². The maximum absolute atomic E-state index is 12.5. The molecule has 0 aliphatic carbocycles. The number of hydrogen-bond donors (Lipinski definition) is 2. The summed E-state index contributed by atoms with van der Waals surface area (Å²) in [6, 6.07) is 7.81. The van der Waals surface area contributed by atoms with Crippen LogP contribution in [0.4, 0.5) is 0 Å². The van der Waals surface area contributed by atoms with Crippen molar-refractivity contribution in [3.8, 4) is 0 Å². The fourth-order valence-corrected chi connectivity index (χ4v) is 2.93. The molecule has 0 bridgehead atoms. The number of ether oxygens (including phenoxy) is 1. The number of amides is 1. The molecule has 0 unspecified atom stereocenters. The predicted octanol–water partition coefficient (Wildman–Crippen LogP) is 3.02. The summed E-state index contributed by atoms with van der Waals surface area (Å²) < 4.78 is 5.33. The Labute approximate surface area is 180 Å². The van der Waals surface area contributed by atoms with Crippen LogP contribution in [-0.2, 0) is 11.3 Å². The molecule has 6 nitrogen and oxygen atoms in total. The molecule has 0 radical (unpaired) electrons. The second-order valence-corrected chi connectivity index (χ2v) is 6.37. The van der Waals surface area contributed by atoms with E-state index in [4.69, 9.17) is 4.74 Å². The molecule has 152 valence electrons. The number of nitrogens with zero attached hydrogens (tertiary/aromatic N) is 2. The van der Waals surface area contributed by atoms with Crippen LogP contribution < -0.4 is 10.6 Å². The maximum atomic E-state index is 12.5. The molecule has 1 amide bonds. The second kappa shape index (κ2) is 13.8. The number of aliphatic imine (C=N–C) groups is 1. The van der Waals surface area contributed by atoms with E-state index < -0.39 is 0 Å². The molecule has 2 rings (SSSR count). The topological polar surface area (TPSA) is 66.0 Å². The van der Waals surface area contributed by atoms with E-state index in [1.165, 1.54) is 6.42 Å². The van der Waals surface area contributed by atoms with Crippen molar-refractivity contribution in [1.82, 2.24) is 15.5 Å². The van der Waals surface area contributed by atoms with Gasteiger partial charge in [0.15, 0.2) is 5.96 Å². The van der Waals surface area contributed by atoms with Gasteiger partial charge >= 0.3 is 0 Å². The number of likely N-dealkylation sites (tertiary alicyclic amines) is 1. The normalized spacial score (nSPS) is 14.4. The monoisotopic (exact) mass is 488 g/mol. The summed E-state index contributed by atoms with van der Waals surface area (Å²) in [5.41, 5.74) is 1.85. The Kier molecular flexibility index (Phi) is 12.1. The zero-order valence-electron chi connectivity index (χ0n) is 16.5. The minimum Gasteiger partial charge on any atom is -0.380 e. The number of halogens is 1. The van der Waals surface area contributed by atoms with Crippen LogP contribution in [0.1, 0.15) is 49.0 Å². The first-order chi connectivity index (χ1) is 12.7. The van der Waals surface area contributed by atoms with Gasteiger partial charge in [-0.3, -0.25) is 4.79 Å². The summed E-state index contributed by atoms with van der Waals surface area (Å²) in [6.07, 6.45) is 3.46. The third-order valence-corrected chi connectivity index (χ3v) is 4.35. The van der Waals surface area contributed by atoms with E-state index in [2.05, 4.69) is 15.6 Å². The highest BCUT2D eigenvalue weighted by atomic mass is 127. The molecule has 27 heavy (non-hydrogen) atoms. The summed E-state index contributed by atoms with van der Waals surface area (Å²) in [7, 11) is 0. The van der Waals surface area contributed by atoms with Crippen LogP contribution in [0, 0.1) is 0 Å². The first kappa shape index (κ1) is 23.7. The number of hydrogen-bond acceptors (Lipinski definition) is 3. The van der Waals surface area contributed by atoms with Crippen molar-refractivity contribution >= 4 is 35.8 Å². The lowest BCUT2D eigenvalue weighted by Crippen LogP contribution is -2.39. The number of rotatable bonds is 8. The van der Waals surface area contributed by atoms with Crippen LogP contribution in [0.5, 0.6) is 0 Å². The van der Waals surface area contributed by atoms with Crippen molar-refractivity contribution in [2.24, 2.45) is 4.99 Å². The summed E-state index contributed by atoms with van der Waals surface area (Å²) in [5.74, 6) is 0.923. The summed E-state index contributed by atoms with van der Waals surface area (Å²) >= 11 is 0. The molecule has 1 saturated heterocycles. The lowest BCUT2D eigenvalue weighted by atomic mass is 10.1. The van der Waals surface area contributed by atoms with Crippen LogP contribution in [0.15, 0.2) is 29.3 Å². The molecule has 1 aromatic carbocycles. The Morgan fingerprint density at radius 1 is 1.11 bits per heavy atom. The van der Waals surface area contributed by atoms with Crippen molar-refractivity contribution < 1.29 is 9.53 Å². The Morgan fingerprint density at radius 2 is 1.81 bits per heavy atom. The zero-order valence-corrected chi connectivity index (χ0v) is 18.8. The first-order valence-corrected chi connectivity index (χ1v) is 9.72. The van der Waals surface area contributed by atoms with E-state index >= 15 is 0 Å². The first-order valence-electron chi connectivity index (χ1n) is 9.72. The molecule has 0 atom stereocenters. The third kappa shape index (κ3) is 8.47. The highest BCUT2D eigenvalue weighted by Crippen LogP contribution is 2.14. The minimum absolute atomic E-state index is 0. The molecule has 1 fully saturated rings. The van der Waals surface area contributed by atoms with Gasteiger partial charge in [0.25, 0.3) is 5.91 Å². The number of nitrogens with one attached hydrogen (secondary N) is 2. The smallest absolute Gasteiger partial charge is 0.253 e. The Hall–Kier alpha value is -1.35. The Balaban J connectivity index is 0.00000364. The van der Waals surface area contributed by atoms with E-state index in [0.29, 0.717) is 13.2 Å². The lowest BCUT2D eigenvalue weighted by molar-refractivity contribution is 0.0724. The number of carbonyl (C=O) groups excluding carboxylic acids is 1. The highest BCUT2D eigenvalue weighted by molar-refractivity contribution is 14.0. The maximum Gasteiger partial charge on any atom is 0.253 e. The van der Waals surface area contributed by atoms with Crippen LogP contribution >= 0.6 is 24.0 Å². The fourth-order valence-electron chi connectivity index (χ4n) is 2.93. The van der Waals surface area contributed by atoms with Gasteiger partial charge in [-0.05, 0) is 50.8 Å². The van der Waals surface area contributed by atoms with Crippen molar-refractivity contribution in [1.29, 1.82) is 0 Å². The average molecular weight is 488 g/mol. The number of piperidine rings is 1. The fraction of sp³-hybridized carbons (Fsp3) is 0.600. The Bertz CT molecular complexity index is 572. The van der Waals surface area contributed by atoms with Crippen molar-refractivity contribution in [3.63, 3.8) is 0 Å². The van der Waals surface area contributed by atoms with Gasteiger partial charge in [-0.1, -0.05) is 12.1 Å². The van der Waals surface area contributed by atoms with Gasteiger partial charge in [-0.2, -0.15) is 0 Å². The molecular formula is C20H33IN4O2. The van der Waals surface area contributed by atoms with Crippen LogP contribution in [0.25, 0.3) is 0 Å². The van der Waals surface area contributed by atoms with Gasteiger partial charge in [-0.15, -0.1) is 24.0 Å². The molecule has 7 heteroatoms. The van der Waals surface area contributed by atoms with Crippen molar-refractivity contribution in [2.45, 2.75) is 39.7 Å². The molecule has 1 heterocycles. The number of guanidine groups is 1.